The number of amides is 4. The van der Waals surface area contributed by atoms with Crippen LogP contribution < -0.4 is 5.32 Å². The first-order chi connectivity index (χ1) is 24.3. The van der Waals surface area contributed by atoms with Crippen molar-refractivity contribution in [3.63, 3.8) is 0 Å². The number of ether oxygens (including phenoxy) is 4. The number of halogens is 1. The summed E-state index contributed by atoms with van der Waals surface area (Å²) in [6.07, 6.45) is 1.55. The molecule has 0 spiro atoms. The summed E-state index contributed by atoms with van der Waals surface area (Å²) in [5, 5.41) is 13.4. The van der Waals surface area contributed by atoms with Gasteiger partial charge in [0.15, 0.2) is 10.8 Å². The van der Waals surface area contributed by atoms with Gasteiger partial charge in [-0.25, -0.2) is 34.0 Å². The number of aliphatic imine (C=N–C) groups is 1. The van der Waals surface area contributed by atoms with Crippen molar-refractivity contribution < 1.29 is 38.1 Å². The molecule has 0 aliphatic carbocycles. The van der Waals surface area contributed by atoms with Crippen LogP contribution in [0.2, 0.25) is 0 Å². The first kappa shape index (κ1) is 47.3. The smallest absolute Gasteiger partial charge is 0.437 e. The number of alkyl halides is 1. The quantitative estimate of drug-likeness (QED) is 0.0551. The van der Waals surface area contributed by atoms with Crippen molar-refractivity contribution in [1.29, 1.82) is 5.41 Å². The number of nitrogens with one attached hydrogen (secondary N) is 2. The Bertz CT molecular complexity index is 1490. The number of rotatable bonds is 11. The molecule has 2 N–H and O–H groups in total. The summed E-state index contributed by atoms with van der Waals surface area (Å²) in [6.45, 7) is 20.6. The molecule has 1 aromatic heterocycles. The molecule has 0 atom stereocenters. The second kappa shape index (κ2) is 21.2. The predicted octanol–water partition coefficient (Wildman–Crippen LogP) is 9.24. The maximum atomic E-state index is 13.8. The van der Waals surface area contributed by atoms with Crippen molar-refractivity contribution >= 4 is 63.4 Å². The second-order valence-corrected chi connectivity index (χ2v) is 17.7. The second-order valence-electron chi connectivity index (χ2n) is 16.1. The van der Waals surface area contributed by atoms with Crippen LogP contribution >= 0.6 is 27.3 Å². The minimum Gasteiger partial charge on any atom is -0.444 e. The van der Waals surface area contributed by atoms with E-state index < -0.39 is 46.8 Å². The molecule has 0 fully saturated rings. The number of hydrogen-bond donors (Lipinski definition) is 2. The van der Waals surface area contributed by atoms with Crippen molar-refractivity contribution in [2.24, 2.45) is 4.99 Å². The molecule has 1 rings (SSSR count). The van der Waals surface area contributed by atoms with Gasteiger partial charge in [0.25, 0.3) is 0 Å². The SMILES string of the molecule is CC(C)(C)OC(=O)N=C(N(CCCC#Cc1nc(C(=N)NC(=O)OC(C)(C)C)cs1)C(=O)OC(C)(C)C)N(CCCCCCCBr)C(=O)OC(C)(C)C. The minimum absolute atomic E-state index is 0.0245. The van der Waals surface area contributed by atoms with Crippen LogP contribution in [0.3, 0.4) is 0 Å². The van der Waals surface area contributed by atoms with Crippen molar-refractivity contribution in [3.8, 4) is 11.8 Å². The third kappa shape index (κ3) is 21.6. The molecule has 0 aliphatic rings. The van der Waals surface area contributed by atoms with Crippen molar-refractivity contribution in [2.45, 2.75) is 150 Å². The van der Waals surface area contributed by atoms with E-state index in [-0.39, 0.29) is 37.0 Å². The van der Waals surface area contributed by atoms with Gasteiger partial charge in [-0.15, -0.1) is 16.3 Å². The van der Waals surface area contributed by atoms with Gasteiger partial charge in [0.1, 0.15) is 28.1 Å². The molecule has 1 heterocycles. The Hall–Kier alpha value is -3.71. The van der Waals surface area contributed by atoms with E-state index in [9.17, 15) is 19.2 Å². The highest BCUT2D eigenvalue weighted by Crippen LogP contribution is 2.19. The molecular weight excluding hydrogens is 768 g/mol. The highest BCUT2D eigenvalue weighted by molar-refractivity contribution is 9.09. The number of carbonyl (C=O) groups is 4. The molecular formula is C37H59BrN6O8S. The summed E-state index contributed by atoms with van der Waals surface area (Å²) in [5.41, 5.74) is -3.17. The Balaban J connectivity index is 3.43. The average molecular weight is 828 g/mol. The highest BCUT2D eigenvalue weighted by Gasteiger charge is 2.35. The molecule has 0 aromatic carbocycles. The molecule has 0 unspecified atom stereocenters. The van der Waals surface area contributed by atoms with Crippen LogP contribution in [0, 0.1) is 17.3 Å². The third-order valence-electron chi connectivity index (χ3n) is 6.08. The molecule has 1 aromatic rings. The molecule has 53 heavy (non-hydrogen) atoms. The van der Waals surface area contributed by atoms with E-state index in [1.807, 2.05) is 0 Å². The van der Waals surface area contributed by atoms with Crippen LogP contribution in [-0.2, 0) is 18.9 Å². The minimum atomic E-state index is -0.988. The number of carbonyl (C=O) groups excluding carboxylic acids is 4. The lowest BCUT2D eigenvalue weighted by Crippen LogP contribution is -2.53. The molecule has 298 valence electrons. The van der Waals surface area contributed by atoms with Gasteiger partial charge in [0.05, 0.1) is 0 Å². The molecule has 4 amide bonds. The number of nitrogens with zero attached hydrogens (tertiary/aromatic N) is 4. The van der Waals surface area contributed by atoms with Gasteiger partial charge in [0.2, 0.25) is 5.96 Å². The maximum Gasteiger partial charge on any atom is 0.437 e. The lowest BCUT2D eigenvalue weighted by Gasteiger charge is -2.34. The van der Waals surface area contributed by atoms with Crippen molar-refractivity contribution in [1.82, 2.24) is 20.1 Å². The van der Waals surface area contributed by atoms with Gasteiger partial charge in [-0.3, -0.25) is 10.7 Å². The highest BCUT2D eigenvalue weighted by atomic mass is 79.9. The molecule has 0 saturated heterocycles. The zero-order chi connectivity index (χ0) is 40.6. The number of unbranched alkanes of at least 4 members (excludes halogenated alkanes) is 5. The van der Waals surface area contributed by atoms with Crippen molar-refractivity contribution in [3.05, 3.63) is 16.1 Å². The summed E-state index contributed by atoms with van der Waals surface area (Å²) in [5.74, 6) is 5.48. The fraction of sp³-hybridized carbons (Fsp3) is 0.703. The molecule has 0 bridgehead atoms. The molecule has 0 saturated carbocycles. The summed E-state index contributed by atoms with van der Waals surface area (Å²) in [6, 6.07) is 0. The zero-order valence-electron chi connectivity index (χ0n) is 33.5. The largest absolute Gasteiger partial charge is 0.444 e. The lowest BCUT2D eigenvalue weighted by molar-refractivity contribution is 0.0272. The van der Waals surface area contributed by atoms with Gasteiger partial charge >= 0.3 is 24.4 Å². The van der Waals surface area contributed by atoms with Gasteiger partial charge < -0.3 is 18.9 Å². The summed E-state index contributed by atoms with van der Waals surface area (Å²) in [7, 11) is 0. The number of guanidine groups is 1. The standard InChI is InChI=1S/C37H59BrN6O8S/c1-34(2,3)49-30(45)41-28(39)26-25-53-27(40-26)21-17-16-20-24-44(33(48)52-37(10,11)12)29(42-31(46)50-35(4,5)6)43(32(47)51-36(7,8)9)23-19-15-13-14-18-22-38/h25H,13-16,18-20,22-24H2,1-12H3,(H2,39,41,45). The van der Waals surface area contributed by atoms with E-state index in [1.165, 1.54) is 16.2 Å². The van der Waals surface area contributed by atoms with Gasteiger partial charge in [-0.05, 0) is 108 Å². The van der Waals surface area contributed by atoms with Gasteiger partial charge in [0, 0.05) is 30.2 Å². The van der Waals surface area contributed by atoms with Gasteiger partial charge in [-0.2, -0.15) is 0 Å². The maximum absolute atomic E-state index is 13.8. The Kier molecular flexibility index (Phi) is 19.0. The summed E-state index contributed by atoms with van der Waals surface area (Å²) >= 11 is 4.65. The van der Waals surface area contributed by atoms with E-state index in [4.69, 9.17) is 24.4 Å². The van der Waals surface area contributed by atoms with E-state index in [2.05, 4.69) is 43.1 Å². The summed E-state index contributed by atoms with van der Waals surface area (Å²) in [4.78, 5) is 63.7. The fourth-order valence-electron chi connectivity index (χ4n) is 4.09. The Morgan fingerprint density at radius 1 is 0.774 bits per heavy atom. The fourth-order valence-corrected chi connectivity index (χ4v) is 5.16. The van der Waals surface area contributed by atoms with E-state index in [1.54, 1.807) is 88.5 Å². The number of thiazole rings is 1. The van der Waals surface area contributed by atoms with Crippen molar-refractivity contribution in [2.75, 3.05) is 18.4 Å². The molecule has 0 aliphatic heterocycles. The monoisotopic (exact) mass is 826 g/mol. The zero-order valence-corrected chi connectivity index (χ0v) is 35.9. The number of amidine groups is 1. The van der Waals surface area contributed by atoms with Crippen LogP contribution in [0.25, 0.3) is 0 Å². The van der Waals surface area contributed by atoms with Gasteiger partial charge in [-0.1, -0.05) is 41.1 Å². The van der Waals surface area contributed by atoms with Crippen LogP contribution in [0.4, 0.5) is 19.2 Å². The van der Waals surface area contributed by atoms with E-state index >= 15 is 0 Å². The third-order valence-corrected chi connectivity index (χ3v) is 7.39. The molecule has 0 radical (unpaired) electrons. The number of hydrogen-bond acceptors (Lipinski definition) is 11. The first-order valence-corrected chi connectivity index (χ1v) is 19.7. The van der Waals surface area contributed by atoms with E-state index in [0.717, 1.165) is 35.9 Å². The molecule has 14 nitrogen and oxygen atoms in total. The van der Waals surface area contributed by atoms with Crippen LogP contribution in [0.5, 0.6) is 0 Å². The summed E-state index contributed by atoms with van der Waals surface area (Å²) < 4.78 is 22.2. The Morgan fingerprint density at radius 3 is 1.77 bits per heavy atom. The first-order valence-electron chi connectivity index (χ1n) is 17.7. The Labute approximate surface area is 327 Å². The predicted molar refractivity (Wildman–Crippen MR) is 211 cm³/mol. The van der Waals surface area contributed by atoms with E-state index in [0.29, 0.717) is 17.8 Å². The lowest BCUT2D eigenvalue weighted by atomic mass is 10.1. The molecule has 16 heteroatoms. The number of alkyl carbamates (subject to hydrolysis) is 1. The number of aromatic nitrogens is 1. The van der Waals surface area contributed by atoms with Crippen LogP contribution in [0.1, 0.15) is 139 Å². The van der Waals surface area contributed by atoms with Crippen LogP contribution in [0.15, 0.2) is 10.4 Å². The Morgan fingerprint density at radius 2 is 1.26 bits per heavy atom. The normalized spacial score (nSPS) is 12.2. The average Bonchev–Trinajstić information content (AvgIpc) is 3.43. The van der Waals surface area contributed by atoms with Crippen LogP contribution in [-0.4, -0.2) is 91.8 Å². The topological polar surface area (TPSA) is 173 Å².